The van der Waals surface area contributed by atoms with Crippen molar-refractivity contribution >= 4 is 17.3 Å². The second-order valence-corrected chi connectivity index (χ2v) is 6.67. The Balaban J connectivity index is 1.62. The Morgan fingerprint density at radius 2 is 2.12 bits per heavy atom. The fraction of sp³-hybridized carbons (Fsp3) is 0.421. The normalized spacial score (nSPS) is 15.1. The fourth-order valence-electron chi connectivity index (χ4n) is 3.44. The van der Waals surface area contributed by atoms with Crippen LogP contribution >= 0.6 is 0 Å². The van der Waals surface area contributed by atoms with Crippen LogP contribution in [0.1, 0.15) is 37.7 Å². The molecule has 0 saturated heterocycles. The molecule has 7 heteroatoms. The second-order valence-electron chi connectivity index (χ2n) is 6.67. The molecule has 1 aliphatic carbocycles. The maximum absolute atomic E-state index is 5.42. The molecule has 0 unspecified atom stereocenters. The highest BCUT2D eigenvalue weighted by atomic mass is 16.5. The van der Waals surface area contributed by atoms with Crippen molar-refractivity contribution in [3.8, 4) is 5.75 Å². The number of rotatable bonds is 6. The van der Waals surface area contributed by atoms with Crippen molar-refractivity contribution in [2.45, 2.75) is 44.7 Å². The number of methoxy groups -OCH3 is 1. The molecular formula is C19H24N6O. The van der Waals surface area contributed by atoms with Crippen LogP contribution in [0.3, 0.4) is 0 Å². The third-order valence-corrected chi connectivity index (χ3v) is 4.81. The molecule has 2 N–H and O–H groups in total. The second kappa shape index (κ2) is 7.59. The average Bonchev–Trinajstić information content (AvgIpc) is 3.11. The molecule has 0 atom stereocenters. The Morgan fingerprint density at radius 1 is 1.23 bits per heavy atom. The van der Waals surface area contributed by atoms with E-state index in [0.29, 0.717) is 24.0 Å². The van der Waals surface area contributed by atoms with Gasteiger partial charge in [-0.25, -0.2) is 4.98 Å². The van der Waals surface area contributed by atoms with E-state index >= 15 is 0 Å². The molecule has 1 saturated carbocycles. The zero-order chi connectivity index (χ0) is 17.8. The van der Waals surface area contributed by atoms with Crippen LogP contribution in [0.15, 0.2) is 36.8 Å². The lowest BCUT2D eigenvalue weighted by Crippen LogP contribution is -2.23. The summed E-state index contributed by atoms with van der Waals surface area (Å²) in [4.78, 5) is 8.89. The predicted molar refractivity (Wildman–Crippen MR) is 102 cm³/mol. The molecule has 0 bridgehead atoms. The molecule has 0 aromatic carbocycles. The van der Waals surface area contributed by atoms with Crippen LogP contribution in [0.25, 0.3) is 5.65 Å². The first-order chi connectivity index (χ1) is 12.8. The minimum Gasteiger partial charge on any atom is -0.491 e. The van der Waals surface area contributed by atoms with Crippen molar-refractivity contribution in [1.82, 2.24) is 19.6 Å². The van der Waals surface area contributed by atoms with E-state index in [1.807, 2.05) is 24.4 Å². The SMILES string of the molecule is COc1cnn2c(NCc3cccnc3)cc(NC3CCCCC3)nc12. The van der Waals surface area contributed by atoms with Gasteiger partial charge in [0, 0.05) is 31.0 Å². The number of fused-ring (bicyclic) bond motifs is 1. The number of aromatic nitrogens is 4. The van der Waals surface area contributed by atoms with Crippen LogP contribution in [-0.2, 0) is 6.54 Å². The van der Waals surface area contributed by atoms with Crippen LogP contribution in [0, 0.1) is 0 Å². The number of nitrogens with one attached hydrogen (secondary N) is 2. The van der Waals surface area contributed by atoms with Crippen molar-refractivity contribution in [1.29, 1.82) is 0 Å². The highest BCUT2D eigenvalue weighted by Crippen LogP contribution is 2.26. The fourth-order valence-corrected chi connectivity index (χ4v) is 3.44. The molecule has 1 aliphatic rings. The molecule has 0 aliphatic heterocycles. The van der Waals surface area contributed by atoms with E-state index in [2.05, 4.69) is 20.7 Å². The third kappa shape index (κ3) is 3.56. The van der Waals surface area contributed by atoms with E-state index in [9.17, 15) is 0 Å². The maximum Gasteiger partial charge on any atom is 0.201 e. The van der Waals surface area contributed by atoms with E-state index < -0.39 is 0 Å². The highest BCUT2D eigenvalue weighted by molar-refractivity contribution is 5.63. The summed E-state index contributed by atoms with van der Waals surface area (Å²) in [5, 5.41) is 11.4. The quantitative estimate of drug-likeness (QED) is 0.707. The van der Waals surface area contributed by atoms with E-state index in [0.717, 1.165) is 17.2 Å². The summed E-state index contributed by atoms with van der Waals surface area (Å²) >= 11 is 0. The summed E-state index contributed by atoms with van der Waals surface area (Å²) in [5.74, 6) is 2.40. The number of hydrogen-bond donors (Lipinski definition) is 2. The van der Waals surface area contributed by atoms with E-state index in [1.165, 1.54) is 32.1 Å². The average molecular weight is 352 g/mol. The molecule has 3 heterocycles. The Hall–Kier alpha value is -2.83. The van der Waals surface area contributed by atoms with E-state index in [-0.39, 0.29) is 0 Å². The Bertz CT molecular complexity index is 857. The van der Waals surface area contributed by atoms with Crippen molar-refractivity contribution in [3.05, 3.63) is 42.4 Å². The van der Waals surface area contributed by atoms with Crippen LogP contribution in [0.4, 0.5) is 11.6 Å². The predicted octanol–water partition coefficient (Wildman–Crippen LogP) is 3.49. The zero-order valence-electron chi connectivity index (χ0n) is 15.0. The molecule has 7 nitrogen and oxygen atoms in total. The van der Waals surface area contributed by atoms with Gasteiger partial charge in [-0.2, -0.15) is 9.61 Å². The Labute approximate surface area is 152 Å². The van der Waals surface area contributed by atoms with Gasteiger partial charge in [0.1, 0.15) is 11.6 Å². The van der Waals surface area contributed by atoms with Gasteiger partial charge in [0.25, 0.3) is 0 Å². The van der Waals surface area contributed by atoms with Gasteiger partial charge in [0.15, 0.2) is 5.75 Å². The number of ether oxygens (including phenoxy) is 1. The van der Waals surface area contributed by atoms with Gasteiger partial charge >= 0.3 is 0 Å². The summed E-state index contributed by atoms with van der Waals surface area (Å²) < 4.78 is 7.20. The topological polar surface area (TPSA) is 76.4 Å². The van der Waals surface area contributed by atoms with Gasteiger partial charge in [-0.15, -0.1) is 0 Å². The number of pyridine rings is 1. The minimum absolute atomic E-state index is 0.485. The number of nitrogens with zero attached hydrogens (tertiary/aromatic N) is 4. The van der Waals surface area contributed by atoms with Gasteiger partial charge in [-0.1, -0.05) is 25.3 Å². The molecule has 3 aromatic rings. The van der Waals surface area contributed by atoms with Gasteiger partial charge in [-0.05, 0) is 24.5 Å². The monoisotopic (exact) mass is 352 g/mol. The molecule has 136 valence electrons. The van der Waals surface area contributed by atoms with Crippen LogP contribution in [0.2, 0.25) is 0 Å². The molecule has 0 amide bonds. The highest BCUT2D eigenvalue weighted by Gasteiger charge is 2.16. The van der Waals surface area contributed by atoms with Gasteiger partial charge in [-0.3, -0.25) is 4.98 Å². The zero-order valence-corrected chi connectivity index (χ0v) is 15.0. The van der Waals surface area contributed by atoms with Gasteiger partial charge < -0.3 is 15.4 Å². The molecular weight excluding hydrogens is 328 g/mol. The first-order valence-electron chi connectivity index (χ1n) is 9.15. The Kier molecular flexibility index (Phi) is 4.86. The van der Waals surface area contributed by atoms with Gasteiger partial charge in [0.05, 0.1) is 13.3 Å². The summed E-state index contributed by atoms with van der Waals surface area (Å²) in [7, 11) is 1.64. The van der Waals surface area contributed by atoms with Gasteiger partial charge in [0.2, 0.25) is 5.65 Å². The number of hydrogen-bond acceptors (Lipinski definition) is 6. The first-order valence-corrected chi connectivity index (χ1v) is 9.15. The van der Waals surface area contributed by atoms with Crippen molar-refractivity contribution in [2.75, 3.05) is 17.7 Å². The lowest BCUT2D eigenvalue weighted by atomic mass is 9.95. The number of anilines is 2. The van der Waals surface area contributed by atoms with Crippen LogP contribution in [0.5, 0.6) is 5.75 Å². The minimum atomic E-state index is 0.485. The molecule has 3 aromatic heterocycles. The van der Waals surface area contributed by atoms with Crippen molar-refractivity contribution < 1.29 is 4.74 Å². The van der Waals surface area contributed by atoms with E-state index in [4.69, 9.17) is 9.72 Å². The van der Waals surface area contributed by atoms with Crippen molar-refractivity contribution in [3.63, 3.8) is 0 Å². The summed E-state index contributed by atoms with van der Waals surface area (Å²) in [6, 6.07) is 6.48. The lowest BCUT2D eigenvalue weighted by Gasteiger charge is -2.23. The van der Waals surface area contributed by atoms with Crippen molar-refractivity contribution in [2.24, 2.45) is 0 Å². The van der Waals surface area contributed by atoms with Crippen LogP contribution in [-0.4, -0.2) is 32.7 Å². The largest absolute Gasteiger partial charge is 0.491 e. The molecule has 26 heavy (non-hydrogen) atoms. The molecule has 4 rings (SSSR count). The van der Waals surface area contributed by atoms with Crippen LogP contribution < -0.4 is 15.4 Å². The molecule has 1 fully saturated rings. The summed E-state index contributed by atoms with van der Waals surface area (Å²) in [6.45, 7) is 0.665. The maximum atomic E-state index is 5.42. The first kappa shape index (κ1) is 16.6. The standard InChI is InChI=1S/C19H24N6O/c1-26-16-13-22-25-18(21-12-14-6-5-9-20-11-14)10-17(24-19(16)25)23-15-7-3-2-4-8-15/h5-6,9-11,13,15,21H,2-4,7-8,12H2,1H3,(H,23,24). The molecule has 0 radical (unpaired) electrons. The summed E-state index contributed by atoms with van der Waals surface area (Å²) in [5.41, 5.74) is 1.82. The molecule has 0 spiro atoms. The van der Waals surface area contributed by atoms with E-state index in [1.54, 1.807) is 24.0 Å². The smallest absolute Gasteiger partial charge is 0.201 e. The lowest BCUT2D eigenvalue weighted by molar-refractivity contribution is 0.418. The summed E-state index contributed by atoms with van der Waals surface area (Å²) in [6.07, 6.45) is 11.6. The third-order valence-electron chi connectivity index (χ3n) is 4.81. The Morgan fingerprint density at radius 3 is 2.88 bits per heavy atom.